The molecule has 0 heterocycles. The van der Waals surface area contributed by atoms with Crippen LogP contribution in [-0.4, -0.2) is 6.10 Å². The summed E-state index contributed by atoms with van der Waals surface area (Å²) < 4.78 is 5.97. The second-order valence-electron chi connectivity index (χ2n) is 7.57. The van der Waals surface area contributed by atoms with E-state index in [2.05, 4.69) is 56.3 Å². The number of nitrogens with zero attached hydrogens (tertiary/aromatic N) is 1. The molecule has 0 amide bonds. The third-order valence-electron chi connectivity index (χ3n) is 5.62. The first kappa shape index (κ1) is 18.5. The van der Waals surface area contributed by atoms with Crippen molar-refractivity contribution in [2.45, 2.75) is 70.3 Å². The molecule has 0 aliphatic heterocycles. The van der Waals surface area contributed by atoms with Crippen LogP contribution in [-0.2, 0) is 0 Å². The molecule has 0 bridgehead atoms. The van der Waals surface area contributed by atoms with Crippen LogP contribution < -0.4 is 4.74 Å². The topological polar surface area (TPSA) is 33.0 Å². The van der Waals surface area contributed by atoms with Crippen LogP contribution in [0.4, 0.5) is 0 Å². The summed E-state index contributed by atoms with van der Waals surface area (Å²) in [5.74, 6) is 2.28. The average Bonchev–Trinajstić information content (AvgIpc) is 2.69. The largest absolute Gasteiger partial charge is 0.491 e. The lowest BCUT2D eigenvalue weighted by Crippen LogP contribution is -2.13. The van der Waals surface area contributed by atoms with Crippen molar-refractivity contribution >= 4 is 0 Å². The highest BCUT2D eigenvalue weighted by molar-refractivity contribution is 5.34. The van der Waals surface area contributed by atoms with Gasteiger partial charge in [0.15, 0.2) is 0 Å². The van der Waals surface area contributed by atoms with Gasteiger partial charge in [-0.3, -0.25) is 0 Å². The molecule has 136 valence electrons. The molecule has 26 heavy (non-hydrogen) atoms. The quantitative estimate of drug-likeness (QED) is 0.592. The number of rotatable bonds is 6. The molecule has 2 nitrogen and oxygen atoms in total. The van der Waals surface area contributed by atoms with Gasteiger partial charge < -0.3 is 4.74 Å². The number of nitriles is 1. The normalized spacial score (nSPS) is 21.0. The van der Waals surface area contributed by atoms with Gasteiger partial charge in [0, 0.05) is 0 Å². The zero-order chi connectivity index (χ0) is 18.4. The van der Waals surface area contributed by atoms with Crippen molar-refractivity contribution in [3.8, 4) is 11.8 Å². The molecule has 1 atom stereocenters. The summed E-state index contributed by atoms with van der Waals surface area (Å²) in [4.78, 5) is 0. The summed E-state index contributed by atoms with van der Waals surface area (Å²) in [6.07, 6.45) is 7.45. The van der Waals surface area contributed by atoms with Gasteiger partial charge in [0.2, 0.25) is 0 Å². The van der Waals surface area contributed by atoms with Crippen molar-refractivity contribution < 1.29 is 4.74 Å². The van der Waals surface area contributed by atoms with Crippen molar-refractivity contribution in [2.24, 2.45) is 0 Å². The fourth-order valence-electron chi connectivity index (χ4n) is 4.11. The summed E-state index contributed by atoms with van der Waals surface area (Å²) in [6.45, 7) is 4.33. The SMILES string of the molecule is CCCC(C)Oc1ccc(C2CCC(c3ccc(C#N)cc3)CC2)cc1. The van der Waals surface area contributed by atoms with Gasteiger partial charge in [-0.25, -0.2) is 0 Å². The van der Waals surface area contributed by atoms with Crippen molar-refractivity contribution in [3.63, 3.8) is 0 Å². The Balaban J connectivity index is 1.55. The Hall–Kier alpha value is -2.27. The molecule has 1 saturated carbocycles. The van der Waals surface area contributed by atoms with E-state index in [1.807, 2.05) is 12.1 Å². The van der Waals surface area contributed by atoms with Gasteiger partial charge in [-0.15, -0.1) is 0 Å². The highest BCUT2D eigenvalue weighted by Crippen LogP contribution is 2.40. The average molecular weight is 348 g/mol. The zero-order valence-electron chi connectivity index (χ0n) is 15.9. The van der Waals surface area contributed by atoms with Gasteiger partial charge in [-0.2, -0.15) is 5.26 Å². The minimum absolute atomic E-state index is 0.286. The number of benzene rings is 2. The molecule has 0 aromatic heterocycles. The molecule has 2 heteroatoms. The van der Waals surface area contributed by atoms with Gasteiger partial charge in [0.05, 0.1) is 17.7 Å². The Kier molecular flexibility index (Phi) is 6.34. The van der Waals surface area contributed by atoms with Crippen molar-refractivity contribution in [2.75, 3.05) is 0 Å². The van der Waals surface area contributed by atoms with Crippen molar-refractivity contribution in [1.82, 2.24) is 0 Å². The smallest absolute Gasteiger partial charge is 0.119 e. The lowest BCUT2D eigenvalue weighted by molar-refractivity contribution is 0.210. The van der Waals surface area contributed by atoms with E-state index in [4.69, 9.17) is 10.00 Å². The molecule has 0 N–H and O–H groups in total. The van der Waals surface area contributed by atoms with Crippen molar-refractivity contribution in [1.29, 1.82) is 5.26 Å². The molecule has 0 saturated heterocycles. The predicted octanol–water partition coefficient (Wildman–Crippen LogP) is 6.57. The molecule has 1 unspecified atom stereocenters. The number of ether oxygens (including phenoxy) is 1. The standard InChI is InChI=1S/C24H29NO/c1-3-4-18(2)26-24-15-13-23(14-16-24)22-11-9-21(10-12-22)20-7-5-19(17-25)6-8-20/h5-8,13-16,18,21-22H,3-4,9-12H2,1-2H3. The van der Waals surface area contributed by atoms with E-state index in [1.165, 1.54) is 36.8 Å². The summed E-state index contributed by atoms with van der Waals surface area (Å²) in [6, 6.07) is 19.1. The minimum atomic E-state index is 0.286. The maximum Gasteiger partial charge on any atom is 0.119 e. The summed E-state index contributed by atoms with van der Waals surface area (Å²) in [7, 11) is 0. The van der Waals surface area contributed by atoms with Crippen LogP contribution in [0.25, 0.3) is 0 Å². The monoisotopic (exact) mass is 347 g/mol. The molecule has 1 aliphatic rings. The lowest BCUT2D eigenvalue weighted by Gasteiger charge is -2.29. The molecule has 1 aliphatic carbocycles. The van der Waals surface area contributed by atoms with Gasteiger partial charge >= 0.3 is 0 Å². The summed E-state index contributed by atoms with van der Waals surface area (Å²) in [5.41, 5.74) is 3.58. The molecule has 2 aromatic rings. The Bertz CT molecular complexity index is 718. The molecular weight excluding hydrogens is 318 g/mol. The second-order valence-corrected chi connectivity index (χ2v) is 7.57. The first-order valence-corrected chi connectivity index (χ1v) is 9.96. The third-order valence-corrected chi connectivity index (χ3v) is 5.62. The first-order valence-electron chi connectivity index (χ1n) is 9.96. The fraction of sp³-hybridized carbons (Fsp3) is 0.458. The van der Waals surface area contributed by atoms with Crippen molar-refractivity contribution in [3.05, 3.63) is 65.2 Å². The molecule has 0 spiro atoms. The van der Waals surface area contributed by atoms with E-state index in [1.54, 1.807) is 0 Å². The van der Waals surface area contributed by atoms with Crippen LogP contribution in [0.1, 0.15) is 80.9 Å². The maximum atomic E-state index is 8.94. The van der Waals surface area contributed by atoms with E-state index in [0.717, 1.165) is 24.2 Å². The zero-order valence-corrected chi connectivity index (χ0v) is 15.9. The molecule has 0 radical (unpaired) electrons. The first-order chi connectivity index (χ1) is 12.7. The maximum absolute atomic E-state index is 8.94. The van der Waals surface area contributed by atoms with Crippen LogP contribution in [0, 0.1) is 11.3 Å². The van der Waals surface area contributed by atoms with Crippen LogP contribution in [0.3, 0.4) is 0 Å². The number of hydrogen-bond acceptors (Lipinski definition) is 2. The summed E-state index contributed by atoms with van der Waals surface area (Å²) >= 11 is 0. The number of hydrogen-bond donors (Lipinski definition) is 0. The van der Waals surface area contributed by atoms with Gasteiger partial charge in [0.25, 0.3) is 0 Å². The summed E-state index contributed by atoms with van der Waals surface area (Å²) in [5, 5.41) is 8.94. The van der Waals surface area contributed by atoms with E-state index in [-0.39, 0.29) is 6.10 Å². The van der Waals surface area contributed by atoms with Gasteiger partial charge in [-0.05, 0) is 86.3 Å². The van der Waals surface area contributed by atoms with E-state index < -0.39 is 0 Å². The Morgan fingerprint density at radius 3 is 1.88 bits per heavy atom. The minimum Gasteiger partial charge on any atom is -0.491 e. The predicted molar refractivity (Wildman–Crippen MR) is 107 cm³/mol. The van der Waals surface area contributed by atoms with E-state index in [9.17, 15) is 0 Å². The van der Waals surface area contributed by atoms with Crippen LogP contribution in [0.5, 0.6) is 5.75 Å². The van der Waals surface area contributed by atoms with Gasteiger partial charge in [0.1, 0.15) is 5.75 Å². The van der Waals surface area contributed by atoms with Crippen LogP contribution in [0.2, 0.25) is 0 Å². The Labute approximate surface area is 157 Å². The molecule has 1 fully saturated rings. The molecular formula is C24H29NO. The van der Waals surface area contributed by atoms with Gasteiger partial charge in [-0.1, -0.05) is 37.6 Å². The Morgan fingerprint density at radius 2 is 1.42 bits per heavy atom. The third kappa shape index (κ3) is 4.67. The lowest BCUT2D eigenvalue weighted by atomic mass is 9.76. The molecule has 2 aromatic carbocycles. The Morgan fingerprint density at radius 1 is 0.923 bits per heavy atom. The van der Waals surface area contributed by atoms with Crippen LogP contribution >= 0.6 is 0 Å². The molecule has 3 rings (SSSR count). The highest BCUT2D eigenvalue weighted by Gasteiger charge is 2.23. The fourth-order valence-corrected chi connectivity index (χ4v) is 4.11. The van der Waals surface area contributed by atoms with E-state index in [0.29, 0.717) is 11.8 Å². The highest BCUT2D eigenvalue weighted by atomic mass is 16.5. The van der Waals surface area contributed by atoms with Crippen LogP contribution in [0.15, 0.2) is 48.5 Å². The van der Waals surface area contributed by atoms with E-state index >= 15 is 0 Å². The second kappa shape index (κ2) is 8.90.